The van der Waals surface area contributed by atoms with Crippen molar-refractivity contribution >= 4 is 22.6 Å². The monoisotopic (exact) mass is 368 g/mol. The van der Waals surface area contributed by atoms with Crippen LogP contribution in [0.15, 0.2) is 35.1 Å². The Morgan fingerprint density at radius 1 is 1.37 bits per heavy atom. The first-order valence-electron chi connectivity index (χ1n) is 8.73. The number of aromatic nitrogens is 3. The molecule has 1 aliphatic heterocycles. The summed E-state index contributed by atoms with van der Waals surface area (Å²) in [5.41, 5.74) is 1.68. The highest BCUT2D eigenvalue weighted by Crippen LogP contribution is 2.21. The molecule has 4 rings (SSSR count). The van der Waals surface area contributed by atoms with Crippen molar-refractivity contribution in [3.8, 4) is 5.75 Å². The number of rotatable bonds is 4. The van der Waals surface area contributed by atoms with Crippen molar-refractivity contribution in [2.45, 2.75) is 19.4 Å². The van der Waals surface area contributed by atoms with E-state index in [1.165, 1.54) is 4.68 Å². The topological polar surface area (TPSA) is 98.2 Å². The molecule has 1 fully saturated rings. The Bertz CT molecular complexity index is 1050. The number of H-pyrrole nitrogens is 1. The second-order valence-electron chi connectivity index (χ2n) is 6.59. The lowest BCUT2D eigenvalue weighted by Crippen LogP contribution is -2.16. The van der Waals surface area contributed by atoms with Crippen LogP contribution in [-0.4, -0.2) is 40.0 Å². The Morgan fingerprint density at radius 3 is 2.85 bits per heavy atom. The SMILES string of the molecule is Cc1cc(C(=O)Nc2ccc(O[C@@H]3CCOC3)cc2)c2c(=O)[nH]n(C)c2n1. The molecule has 0 saturated carbocycles. The Balaban J connectivity index is 1.55. The maximum absolute atomic E-state index is 12.8. The van der Waals surface area contributed by atoms with E-state index < -0.39 is 0 Å². The Labute approximate surface area is 155 Å². The number of carbonyl (C=O) groups is 1. The van der Waals surface area contributed by atoms with Crippen molar-refractivity contribution in [3.63, 3.8) is 0 Å². The lowest BCUT2D eigenvalue weighted by atomic mass is 10.1. The predicted molar refractivity (Wildman–Crippen MR) is 100 cm³/mol. The summed E-state index contributed by atoms with van der Waals surface area (Å²) in [6.45, 7) is 3.10. The van der Waals surface area contributed by atoms with E-state index in [2.05, 4.69) is 15.4 Å². The van der Waals surface area contributed by atoms with Gasteiger partial charge in [-0.25, -0.2) is 4.98 Å². The normalized spacial score (nSPS) is 16.6. The molecule has 0 aliphatic carbocycles. The van der Waals surface area contributed by atoms with Crippen molar-refractivity contribution in [3.05, 3.63) is 51.9 Å². The minimum atomic E-state index is -0.361. The zero-order valence-electron chi connectivity index (χ0n) is 15.1. The third-order valence-corrected chi connectivity index (χ3v) is 4.49. The average molecular weight is 368 g/mol. The first kappa shape index (κ1) is 17.3. The minimum Gasteiger partial charge on any atom is -0.488 e. The summed E-state index contributed by atoms with van der Waals surface area (Å²) in [6.07, 6.45) is 0.949. The quantitative estimate of drug-likeness (QED) is 0.734. The van der Waals surface area contributed by atoms with Gasteiger partial charge in [-0.3, -0.25) is 19.4 Å². The number of ether oxygens (including phenoxy) is 2. The summed E-state index contributed by atoms with van der Waals surface area (Å²) >= 11 is 0. The van der Waals surface area contributed by atoms with Crippen LogP contribution in [-0.2, 0) is 11.8 Å². The van der Waals surface area contributed by atoms with Crippen LogP contribution < -0.4 is 15.6 Å². The van der Waals surface area contributed by atoms with Crippen LogP contribution in [0.5, 0.6) is 5.75 Å². The van der Waals surface area contributed by atoms with Gasteiger partial charge in [0.15, 0.2) is 5.65 Å². The number of amides is 1. The number of nitrogens with zero attached hydrogens (tertiary/aromatic N) is 2. The molecule has 1 saturated heterocycles. The number of hydrogen-bond acceptors (Lipinski definition) is 5. The van der Waals surface area contributed by atoms with E-state index in [9.17, 15) is 9.59 Å². The van der Waals surface area contributed by atoms with Gasteiger partial charge in [-0.05, 0) is 37.3 Å². The highest BCUT2D eigenvalue weighted by Gasteiger charge is 2.19. The van der Waals surface area contributed by atoms with E-state index in [0.717, 1.165) is 18.8 Å². The van der Waals surface area contributed by atoms with Crippen LogP contribution in [0.2, 0.25) is 0 Å². The Morgan fingerprint density at radius 2 is 2.15 bits per heavy atom. The van der Waals surface area contributed by atoms with E-state index >= 15 is 0 Å². The number of aromatic amines is 1. The van der Waals surface area contributed by atoms with E-state index in [-0.39, 0.29) is 23.0 Å². The van der Waals surface area contributed by atoms with Gasteiger partial charge in [-0.15, -0.1) is 0 Å². The number of hydrogen-bond donors (Lipinski definition) is 2. The molecule has 8 heteroatoms. The van der Waals surface area contributed by atoms with E-state index in [0.29, 0.717) is 29.2 Å². The Hall–Kier alpha value is -3.13. The van der Waals surface area contributed by atoms with Crippen molar-refractivity contribution < 1.29 is 14.3 Å². The van der Waals surface area contributed by atoms with Gasteiger partial charge in [-0.2, -0.15) is 0 Å². The molecule has 2 aromatic heterocycles. The number of carbonyl (C=O) groups excluding carboxylic acids is 1. The number of benzene rings is 1. The van der Waals surface area contributed by atoms with Gasteiger partial charge >= 0.3 is 0 Å². The molecule has 1 amide bonds. The average Bonchev–Trinajstić information content (AvgIpc) is 3.24. The first-order valence-corrected chi connectivity index (χ1v) is 8.73. The third-order valence-electron chi connectivity index (χ3n) is 4.49. The van der Waals surface area contributed by atoms with Gasteiger partial charge < -0.3 is 14.8 Å². The molecule has 0 spiro atoms. The van der Waals surface area contributed by atoms with Gasteiger partial charge in [0, 0.05) is 24.8 Å². The number of anilines is 1. The fraction of sp³-hybridized carbons (Fsp3) is 0.316. The standard InChI is InChI=1S/C19H20N4O4/c1-11-9-15(16-17(20-11)23(2)22-19(16)25)18(24)21-12-3-5-13(6-4-12)27-14-7-8-26-10-14/h3-6,9,14H,7-8,10H2,1-2H3,(H,21,24)(H,22,25)/t14-/m1/s1. The zero-order chi connectivity index (χ0) is 19.0. The molecule has 1 aromatic carbocycles. The maximum Gasteiger partial charge on any atom is 0.274 e. The van der Waals surface area contributed by atoms with Crippen molar-refractivity contribution in [1.29, 1.82) is 0 Å². The van der Waals surface area contributed by atoms with Crippen LogP contribution in [0.3, 0.4) is 0 Å². The third kappa shape index (κ3) is 3.43. The summed E-state index contributed by atoms with van der Waals surface area (Å²) in [4.78, 5) is 29.3. The number of nitrogens with one attached hydrogen (secondary N) is 2. The van der Waals surface area contributed by atoms with Crippen LogP contribution >= 0.6 is 0 Å². The van der Waals surface area contributed by atoms with E-state index in [1.54, 1.807) is 44.3 Å². The highest BCUT2D eigenvalue weighted by molar-refractivity contribution is 6.11. The van der Waals surface area contributed by atoms with Gasteiger partial charge in [0.25, 0.3) is 11.5 Å². The lowest BCUT2D eigenvalue weighted by Gasteiger charge is -2.12. The van der Waals surface area contributed by atoms with Crippen molar-refractivity contribution in [1.82, 2.24) is 14.8 Å². The molecule has 0 radical (unpaired) electrons. The molecule has 2 N–H and O–H groups in total. The van der Waals surface area contributed by atoms with Crippen molar-refractivity contribution in [2.24, 2.45) is 7.05 Å². The molecule has 27 heavy (non-hydrogen) atoms. The fourth-order valence-electron chi connectivity index (χ4n) is 3.18. The number of aryl methyl sites for hydroxylation is 2. The van der Waals surface area contributed by atoms with Crippen LogP contribution in [0.25, 0.3) is 11.0 Å². The highest BCUT2D eigenvalue weighted by atomic mass is 16.5. The maximum atomic E-state index is 12.8. The summed E-state index contributed by atoms with van der Waals surface area (Å²) in [5, 5.41) is 5.74. The van der Waals surface area contributed by atoms with E-state index in [1.807, 2.05) is 0 Å². The first-order chi connectivity index (χ1) is 13.0. The summed E-state index contributed by atoms with van der Waals surface area (Å²) < 4.78 is 12.6. The van der Waals surface area contributed by atoms with Gasteiger partial charge in [-0.1, -0.05) is 0 Å². The molecule has 8 nitrogen and oxygen atoms in total. The van der Waals surface area contributed by atoms with Gasteiger partial charge in [0.2, 0.25) is 0 Å². The van der Waals surface area contributed by atoms with Crippen LogP contribution in [0.4, 0.5) is 5.69 Å². The molecule has 0 bridgehead atoms. The zero-order valence-corrected chi connectivity index (χ0v) is 15.1. The molecule has 3 aromatic rings. The fourth-order valence-corrected chi connectivity index (χ4v) is 3.18. The second-order valence-corrected chi connectivity index (χ2v) is 6.59. The number of pyridine rings is 1. The smallest absolute Gasteiger partial charge is 0.274 e. The Kier molecular flexibility index (Phi) is 4.41. The van der Waals surface area contributed by atoms with E-state index in [4.69, 9.17) is 9.47 Å². The molecular weight excluding hydrogens is 348 g/mol. The molecule has 1 atom stereocenters. The molecule has 0 unspecified atom stereocenters. The minimum absolute atomic E-state index is 0.0725. The largest absolute Gasteiger partial charge is 0.488 e. The van der Waals surface area contributed by atoms with Crippen molar-refractivity contribution in [2.75, 3.05) is 18.5 Å². The molecule has 1 aliphatic rings. The molecule has 140 valence electrons. The molecule has 3 heterocycles. The van der Waals surface area contributed by atoms with Crippen LogP contribution in [0, 0.1) is 6.92 Å². The molecular formula is C19H20N4O4. The summed E-state index contributed by atoms with van der Waals surface area (Å²) in [5.74, 6) is 0.366. The van der Waals surface area contributed by atoms with Gasteiger partial charge in [0.1, 0.15) is 11.9 Å². The van der Waals surface area contributed by atoms with Gasteiger partial charge in [0.05, 0.1) is 24.2 Å². The summed E-state index contributed by atoms with van der Waals surface area (Å²) in [6, 6.07) is 8.75. The lowest BCUT2D eigenvalue weighted by molar-refractivity contribution is 0.102. The van der Waals surface area contributed by atoms with Crippen LogP contribution in [0.1, 0.15) is 22.5 Å². The predicted octanol–water partition coefficient (Wildman–Crippen LogP) is 1.99. The number of fused-ring (bicyclic) bond motifs is 1. The summed E-state index contributed by atoms with van der Waals surface area (Å²) in [7, 11) is 1.69. The second kappa shape index (κ2) is 6.88.